The second-order valence-electron chi connectivity index (χ2n) is 3.15. The number of aliphatic hydroxyl groups is 5. The molecule has 1 rings (SSSR count). The first-order chi connectivity index (χ1) is 6.50. The van der Waals surface area contributed by atoms with Crippen molar-refractivity contribution in [3.05, 3.63) is 0 Å². The fourth-order valence-electron chi connectivity index (χ4n) is 1.42. The Morgan fingerprint density at radius 1 is 0.786 bits per heavy atom. The summed E-state index contributed by atoms with van der Waals surface area (Å²) in [5.74, 6) is 0. The van der Waals surface area contributed by atoms with E-state index >= 15 is 0 Å². The van der Waals surface area contributed by atoms with Crippen molar-refractivity contribution < 1.29 is 35.1 Å². The van der Waals surface area contributed by atoms with Gasteiger partial charge in [-0.25, -0.2) is 0 Å². The highest BCUT2D eigenvalue weighted by Crippen LogP contribution is 2.23. The van der Waals surface area contributed by atoms with Crippen LogP contribution in [0.3, 0.4) is 0 Å². The minimum absolute atomic E-state index is 0.0196. The van der Waals surface area contributed by atoms with E-state index in [0.717, 1.165) is 0 Å². The van der Waals surface area contributed by atoms with Crippen molar-refractivity contribution in [1.82, 2.24) is 0 Å². The van der Waals surface area contributed by atoms with E-state index in [4.69, 9.17) is 15.3 Å². The van der Waals surface area contributed by atoms with E-state index in [1.165, 1.54) is 0 Å². The molecule has 0 heterocycles. The van der Waals surface area contributed by atoms with E-state index in [-0.39, 0.29) is 6.47 Å². The smallest absolute Gasteiger partial charge is 0.293 e. The van der Waals surface area contributed by atoms with Crippen molar-refractivity contribution in [2.24, 2.45) is 0 Å². The van der Waals surface area contributed by atoms with E-state index in [1.807, 2.05) is 0 Å². The highest BCUT2D eigenvalue weighted by atomic mass is 16.6. The van der Waals surface area contributed by atoms with Gasteiger partial charge in [0.25, 0.3) is 6.47 Å². The highest BCUT2D eigenvalue weighted by Gasteiger charge is 2.49. The van der Waals surface area contributed by atoms with Crippen molar-refractivity contribution in [1.29, 1.82) is 0 Å². The van der Waals surface area contributed by atoms with Gasteiger partial charge in [0.1, 0.15) is 30.5 Å². The minimum atomic E-state index is -1.67. The van der Waals surface area contributed by atoms with Gasteiger partial charge >= 0.3 is 0 Å². The first kappa shape index (κ1) is 11.3. The van der Waals surface area contributed by atoms with Gasteiger partial charge in [0.05, 0.1) is 0 Å². The Bertz CT molecular complexity index is 192. The van der Waals surface area contributed by atoms with E-state index in [0.29, 0.717) is 0 Å². The van der Waals surface area contributed by atoms with Crippen molar-refractivity contribution in [2.75, 3.05) is 0 Å². The van der Waals surface area contributed by atoms with E-state index in [2.05, 4.69) is 4.74 Å². The average molecular weight is 208 g/mol. The zero-order chi connectivity index (χ0) is 10.9. The van der Waals surface area contributed by atoms with Crippen LogP contribution in [0.25, 0.3) is 0 Å². The molecule has 0 spiro atoms. The van der Waals surface area contributed by atoms with Crippen molar-refractivity contribution in [3.63, 3.8) is 0 Å². The third-order valence-electron chi connectivity index (χ3n) is 2.29. The number of rotatable bonds is 2. The summed E-state index contributed by atoms with van der Waals surface area (Å²) in [6.07, 6.45) is -9.72. The zero-order valence-electron chi connectivity index (χ0n) is 7.09. The summed E-state index contributed by atoms with van der Waals surface area (Å²) in [4.78, 5) is 9.99. The highest BCUT2D eigenvalue weighted by molar-refractivity contribution is 5.38. The molecule has 82 valence electrons. The van der Waals surface area contributed by atoms with Crippen LogP contribution in [0.15, 0.2) is 0 Å². The summed E-state index contributed by atoms with van der Waals surface area (Å²) in [6, 6.07) is 0. The Kier molecular flexibility index (Phi) is 3.40. The number of hydrogen-bond acceptors (Lipinski definition) is 7. The van der Waals surface area contributed by atoms with Crippen LogP contribution >= 0.6 is 0 Å². The monoisotopic (exact) mass is 208 g/mol. The van der Waals surface area contributed by atoms with Gasteiger partial charge in [0.15, 0.2) is 6.10 Å². The molecule has 0 aromatic carbocycles. The van der Waals surface area contributed by atoms with Gasteiger partial charge in [0, 0.05) is 0 Å². The fourth-order valence-corrected chi connectivity index (χ4v) is 1.42. The van der Waals surface area contributed by atoms with Crippen LogP contribution in [0.5, 0.6) is 0 Å². The van der Waals surface area contributed by atoms with E-state index in [1.54, 1.807) is 0 Å². The summed E-state index contributed by atoms with van der Waals surface area (Å²) < 4.78 is 4.28. The molecule has 1 fully saturated rings. The molecule has 7 nitrogen and oxygen atoms in total. The summed E-state index contributed by atoms with van der Waals surface area (Å²) in [7, 11) is 0. The number of ether oxygens (including phenoxy) is 1. The number of hydrogen-bond donors (Lipinski definition) is 5. The number of aliphatic hydroxyl groups excluding tert-OH is 5. The zero-order valence-corrected chi connectivity index (χ0v) is 7.09. The third kappa shape index (κ3) is 1.72. The standard InChI is InChI=1S/C7H12O7/c8-1-14-7-5(12)3(10)2(9)4(11)6(7)13/h1-7,9-13H/t2-,3-,4+,5-,6-,7-/m0/s1. The van der Waals surface area contributed by atoms with E-state index in [9.17, 15) is 15.0 Å². The van der Waals surface area contributed by atoms with E-state index < -0.39 is 36.6 Å². The van der Waals surface area contributed by atoms with Gasteiger partial charge in [-0.2, -0.15) is 0 Å². The van der Waals surface area contributed by atoms with Gasteiger partial charge in [-0.15, -0.1) is 0 Å². The van der Waals surface area contributed by atoms with Gasteiger partial charge in [0.2, 0.25) is 0 Å². The lowest BCUT2D eigenvalue weighted by Gasteiger charge is -2.40. The largest absolute Gasteiger partial charge is 0.459 e. The summed E-state index contributed by atoms with van der Waals surface area (Å²) in [6.45, 7) is -0.0196. The van der Waals surface area contributed by atoms with Crippen molar-refractivity contribution >= 4 is 6.47 Å². The van der Waals surface area contributed by atoms with Crippen molar-refractivity contribution in [2.45, 2.75) is 36.6 Å². The second kappa shape index (κ2) is 4.20. The molecular weight excluding hydrogens is 196 g/mol. The van der Waals surface area contributed by atoms with Gasteiger partial charge in [-0.05, 0) is 0 Å². The predicted molar refractivity (Wildman–Crippen MR) is 41.0 cm³/mol. The lowest BCUT2D eigenvalue weighted by atomic mass is 9.85. The normalized spacial score (nSPS) is 48.6. The molecule has 1 saturated carbocycles. The van der Waals surface area contributed by atoms with Crippen LogP contribution in [0, 0.1) is 0 Å². The first-order valence-corrected chi connectivity index (χ1v) is 4.00. The Hall–Kier alpha value is -0.730. The quantitative estimate of drug-likeness (QED) is 0.296. The molecule has 1 aliphatic carbocycles. The first-order valence-electron chi connectivity index (χ1n) is 4.00. The van der Waals surface area contributed by atoms with Crippen LogP contribution in [0.2, 0.25) is 0 Å². The van der Waals surface area contributed by atoms with Gasteiger partial charge in [-0.3, -0.25) is 4.79 Å². The Morgan fingerprint density at radius 2 is 1.14 bits per heavy atom. The second-order valence-corrected chi connectivity index (χ2v) is 3.15. The summed E-state index contributed by atoms with van der Waals surface area (Å²) in [5.41, 5.74) is 0. The fraction of sp³-hybridized carbons (Fsp3) is 0.857. The maximum atomic E-state index is 9.99. The minimum Gasteiger partial charge on any atom is -0.459 e. The lowest BCUT2D eigenvalue weighted by Crippen LogP contribution is -2.64. The Labute approximate surface area is 79.2 Å². The SMILES string of the molecule is O=CO[C@@H]1[C@@H](O)[C@H](O)[C@@H](O)[C@H](O)[C@@H]1O. The molecule has 0 saturated heterocycles. The molecule has 0 aromatic heterocycles. The topological polar surface area (TPSA) is 127 Å². The van der Waals surface area contributed by atoms with Crippen LogP contribution < -0.4 is 0 Å². The third-order valence-corrected chi connectivity index (χ3v) is 2.29. The maximum absolute atomic E-state index is 9.99. The lowest BCUT2D eigenvalue weighted by molar-refractivity contribution is -0.228. The average Bonchev–Trinajstić information content (AvgIpc) is 2.19. The molecule has 5 N–H and O–H groups in total. The molecule has 0 unspecified atom stereocenters. The predicted octanol–water partition coefficient (Wildman–Crippen LogP) is -3.65. The molecule has 7 heteroatoms. The molecule has 0 aliphatic heterocycles. The maximum Gasteiger partial charge on any atom is 0.293 e. The van der Waals surface area contributed by atoms with Gasteiger partial charge < -0.3 is 30.3 Å². The van der Waals surface area contributed by atoms with Gasteiger partial charge in [-0.1, -0.05) is 0 Å². The molecule has 6 atom stereocenters. The van der Waals surface area contributed by atoms with Crippen LogP contribution in [-0.2, 0) is 9.53 Å². The Morgan fingerprint density at radius 3 is 1.50 bits per heavy atom. The Balaban J connectivity index is 2.80. The molecule has 0 radical (unpaired) electrons. The number of carbonyl (C=O) groups excluding carboxylic acids is 1. The number of carbonyl (C=O) groups is 1. The molecule has 1 aliphatic rings. The van der Waals surface area contributed by atoms with Crippen LogP contribution in [0.1, 0.15) is 0 Å². The van der Waals surface area contributed by atoms with Crippen molar-refractivity contribution in [3.8, 4) is 0 Å². The summed E-state index contributed by atoms with van der Waals surface area (Å²) in [5, 5.41) is 46.0. The van der Waals surface area contributed by atoms with Crippen LogP contribution in [-0.4, -0.2) is 68.6 Å². The molecule has 14 heavy (non-hydrogen) atoms. The molecule has 0 aromatic rings. The van der Waals surface area contributed by atoms with Crippen LogP contribution in [0.4, 0.5) is 0 Å². The molecule has 0 amide bonds. The molecule has 0 bridgehead atoms. The summed E-state index contributed by atoms with van der Waals surface area (Å²) >= 11 is 0. The molecular formula is C7H12O7.